The Hall–Kier alpha value is -1.33. The number of hydrogen-bond donors (Lipinski definition) is 1. The van der Waals surface area contributed by atoms with Crippen molar-refractivity contribution in [1.29, 1.82) is 0 Å². The second kappa shape index (κ2) is 7.05. The Morgan fingerprint density at radius 3 is 2.57 bits per heavy atom. The van der Waals surface area contributed by atoms with Crippen LogP contribution in [-0.4, -0.2) is 24.5 Å². The predicted molar refractivity (Wildman–Crippen MR) is 98.9 cm³/mol. The number of benzene rings is 1. The van der Waals surface area contributed by atoms with Crippen molar-refractivity contribution in [2.24, 2.45) is 0 Å². The number of rotatable bonds is 5. The molecule has 1 N–H and O–H groups in total. The van der Waals surface area contributed by atoms with Crippen molar-refractivity contribution >= 4 is 33.3 Å². The van der Waals surface area contributed by atoms with Gasteiger partial charge in [-0.1, -0.05) is 36.8 Å². The van der Waals surface area contributed by atoms with E-state index in [9.17, 15) is 4.79 Å². The van der Waals surface area contributed by atoms with Gasteiger partial charge in [-0.25, -0.2) is 4.79 Å². The first-order valence-corrected chi connectivity index (χ1v) is 9.49. The van der Waals surface area contributed by atoms with E-state index in [-0.39, 0.29) is 11.4 Å². The van der Waals surface area contributed by atoms with Crippen molar-refractivity contribution in [3.05, 3.63) is 56.7 Å². The maximum Gasteiger partial charge on any atom is 0.317 e. The highest BCUT2D eigenvalue weighted by Gasteiger charge is 2.38. The first-order valence-electron chi connectivity index (χ1n) is 7.88. The fourth-order valence-electron chi connectivity index (χ4n) is 3.08. The van der Waals surface area contributed by atoms with E-state index < -0.39 is 0 Å². The summed E-state index contributed by atoms with van der Waals surface area (Å²) in [5.41, 5.74) is 1.47. The maximum atomic E-state index is 12.4. The van der Waals surface area contributed by atoms with Gasteiger partial charge < -0.3 is 10.2 Å². The quantitative estimate of drug-likeness (QED) is 0.780. The molecule has 2 amide bonds. The Morgan fingerprint density at radius 2 is 2.00 bits per heavy atom. The van der Waals surface area contributed by atoms with Gasteiger partial charge in [0.25, 0.3) is 0 Å². The molecule has 1 aromatic carbocycles. The average molecular weight is 393 g/mol. The molecule has 5 heteroatoms. The molecule has 3 nitrogen and oxygen atoms in total. The molecule has 0 bridgehead atoms. The Morgan fingerprint density at radius 1 is 1.26 bits per heavy atom. The van der Waals surface area contributed by atoms with Crippen LogP contribution in [0.4, 0.5) is 4.79 Å². The Kier molecular flexibility index (Phi) is 5.07. The molecule has 1 heterocycles. The molecule has 0 atom stereocenters. The third-order valence-corrected chi connectivity index (χ3v) is 6.25. The summed E-state index contributed by atoms with van der Waals surface area (Å²) < 4.78 is 1.10. The summed E-state index contributed by atoms with van der Waals surface area (Å²) in [5.74, 6) is 0. The van der Waals surface area contributed by atoms with Gasteiger partial charge in [0.15, 0.2) is 0 Å². The highest BCUT2D eigenvalue weighted by atomic mass is 79.9. The average Bonchev–Trinajstić information content (AvgIpc) is 2.92. The van der Waals surface area contributed by atoms with Crippen LogP contribution in [0, 0.1) is 0 Å². The van der Waals surface area contributed by atoms with Gasteiger partial charge in [0, 0.05) is 23.9 Å². The normalized spacial score (nSPS) is 15.7. The molecule has 1 aliphatic carbocycles. The van der Waals surface area contributed by atoms with Crippen LogP contribution < -0.4 is 5.32 Å². The number of thiophene rings is 1. The van der Waals surface area contributed by atoms with Gasteiger partial charge >= 0.3 is 6.03 Å². The highest BCUT2D eigenvalue weighted by Crippen LogP contribution is 2.43. The summed E-state index contributed by atoms with van der Waals surface area (Å²) in [7, 11) is 1.85. The lowest BCUT2D eigenvalue weighted by molar-refractivity contribution is 0.190. The molecule has 0 spiro atoms. The van der Waals surface area contributed by atoms with E-state index in [1.165, 1.54) is 16.9 Å². The van der Waals surface area contributed by atoms with Gasteiger partial charge in [-0.05, 0) is 46.5 Å². The molecule has 3 rings (SSSR count). The molecule has 0 aliphatic heterocycles. The second-order valence-corrected chi connectivity index (χ2v) is 8.77. The first kappa shape index (κ1) is 16.5. The lowest BCUT2D eigenvalue weighted by atomic mass is 9.64. The monoisotopic (exact) mass is 392 g/mol. The minimum atomic E-state index is -0.00303. The molecule has 0 radical (unpaired) electrons. The number of nitrogens with one attached hydrogen (secondary N) is 1. The number of carbonyl (C=O) groups is 1. The topological polar surface area (TPSA) is 32.3 Å². The maximum absolute atomic E-state index is 12.4. The molecule has 1 aromatic heterocycles. The summed E-state index contributed by atoms with van der Waals surface area (Å²) in [5, 5.41) is 3.13. The molecule has 1 fully saturated rings. The molecular weight excluding hydrogens is 372 g/mol. The summed E-state index contributed by atoms with van der Waals surface area (Å²) in [6, 6.07) is 14.6. The van der Waals surface area contributed by atoms with E-state index in [2.05, 4.69) is 51.6 Å². The lowest BCUT2D eigenvalue weighted by Gasteiger charge is -2.42. The molecule has 23 heavy (non-hydrogen) atoms. The summed E-state index contributed by atoms with van der Waals surface area (Å²) in [6.07, 6.45) is 3.54. The molecule has 0 saturated heterocycles. The highest BCUT2D eigenvalue weighted by molar-refractivity contribution is 9.11. The Balaban J connectivity index is 1.57. The zero-order valence-corrected chi connectivity index (χ0v) is 15.6. The molecular formula is C18H21BrN2OS. The van der Waals surface area contributed by atoms with Crippen LogP contribution in [0.5, 0.6) is 0 Å². The fourth-order valence-corrected chi connectivity index (χ4v) is 4.62. The minimum Gasteiger partial charge on any atom is -0.337 e. The predicted octanol–water partition coefficient (Wildman–Crippen LogP) is 4.77. The zero-order chi connectivity index (χ0) is 16.3. The molecule has 0 unspecified atom stereocenters. The van der Waals surface area contributed by atoms with E-state index in [0.717, 1.165) is 16.6 Å². The van der Waals surface area contributed by atoms with Crippen molar-refractivity contribution < 1.29 is 4.79 Å². The number of amides is 2. The Bertz CT molecular complexity index is 667. The van der Waals surface area contributed by atoms with Crippen LogP contribution in [0.15, 0.2) is 46.3 Å². The summed E-state index contributed by atoms with van der Waals surface area (Å²) >= 11 is 5.12. The van der Waals surface area contributed by atoms with Crippen molar-refractivity contribution in [2.75, 3.05) is 13.6 Å². The van der Waals surface area contributed by atoms with Crippen LogP contribution in [0.1, 0.15) is 29.7 Å². The largest absolute Gasteiger partial charge is 0.337 e. The number of nitrogens with zero attached hydrogens (tertiary/aromatic N) is 1. The van der Waals surface area contributed by atoms with Crippen molar-refractivity contribution in [2.45, 2.75) is 31.2 Å². The molecule has 2 aromatic rings. The summed E-state index contributed by atoms with van der Waals surface area (Å²) in [6.45, 7) is 1.36. The standard InChI is InChI=1S/C18H21BrN2OS/c1-21(12-15-8-9-16(19)23-15)17(22)20-13-18(10-5-11-18)14-6-3-2-4-7-14/h2-4,6-9H,5,10-13H2,1H3,(H,20,22). The van der Waals surface area contributed by atoms with Gasteiger partial charge in [-0.2, -0.15) is 0 Å². The number of urea groups is 1. The molecule has 1 saturated carbocycles. The van der Waals surface area contributed by atoms with Crippen LogP contribution in [0.2, 0.25) is 0 Å². The van der Waals surface area contributed by atoms with Crippen molar-refractivity contribution in [1.82, 2.24) is 10.2 Å². The smallest absolute Gasteiger partial charge is 0.317 e. The van der Waals surface area contributed by atoms with E-state index in [4.69, 9.17) is 0 Å². The van der Waals surface area contributed by atoms with Gasteiger partial charge in [-0.15, -0.1) is 11.3 Å². The minimum absolute atomic E-state index is 0.00303. The second-order valence-electron chi connectivity index (χ2n) is 6.22. The summed E-state index contributed by atoms with van der Waals surface area (Å²) in [4.78, 5) is 15.3. The third kappa shape index (κ3) is 3.78. The first-order chi connectivity index (χ1) is 11.1. The van der Waals surface area contributed by atoms with E-state index in [1.54, 1.807) is 16.2 Å². The van der Waals surface area contributed by atoms with Gasteiger partial charge in [0.05, 0.1) is 10.3 Å². The van der Waals surface area contributed by atoms with E-state index >= 15 is 0 Å². The lowest BCUT2D eigenvalue weighted by Crippen LogP contribution is -2.48. The van der Waals surface area contributed by atoms with Gasteiger partial charge in [0.1, 0.15) is 0 Å². The van der Waals surface area contributed by atoms with Crippen molar-refractivity contribution in [3.63, 3.8) is 0 Å². The van der Waals surface area contributed by atoms with Crippen molar-refractivity contribution in [3.8, 4) is 0 Å². The van der Waals surface area contributed by atoms with Crippen LogP contribution in [-0.2, 0) is 12.0 Å². The third-order valence-electron chi connectivity index (χ3n) is 4.64. The fraction of sp³-hybridized carbons (Fsp3) is 0.389. The van der Waals surface area contributed by atoms with Crippen LogP contribution >= 0.6 is 27.3 Å². The van der Waals surface area contributed by atoms with Gasteiger partial charge in [0.2, 0.25) is 0 Å². The van der Waals surface area contributed by atoms with E-state index in [0.29, 0.717) is 13.1 Å². The zero-order valence-electron chi connectivity index (χ0n) is 13.2. The molecule has 122 valence electrons. The number of halogens is 1. The van der Waals surface area contributed by atoms with Crippen LogP contribution in [0.3, 0.4) is 0 Å². The SMILES string of the molecule is CN(Cc1ccc(Br)s1)C(=O)NCC1(c2ccccc2)CCC1. The number of carbonyl (C=O) groups excluding carboxylic acids is 1. The number of hydrogen-bond acceptors (Lipinski definition) is 2. The Labute approximate surface area is 149 Å². The van der Waals surface area contributed by atoms with Gasteiger partial charge in [-0.3, -0.25) is 0 Å². The van der Waals surface area contributed by atoms with Crippen LogP contribution in [0.25, 0.3) is 0 Å². The molecule has 1 aliphatic rings. The van der Waals surface area contributed by atoms with E-state index in [1.807, 2.05) is 19.2 Å².